The van der Waals surface area contributed by atoms with Gasteiger partial charge in [0, 0.05) is 22.9 Å². The third kappa shape index (κ3) is 3.89. The van der Waals surface area contributed by atoms with E-state index >= 15 is 0 Å². The van der Waals surface area contributed by atoms with Crippen molar-refractivity contribution in [3.05, 3.63) is 21.9 Å². The van der Waals surface area contributed by atoms with E-state index in [1.807, 2.05) is 18.4 Å². The Morgan fingerprint density at radius 1 is 1.55 bits per heavy atom. The first kappa shape index (κ1) is 15.2. The third-order valence-electron chi connectivity index (χ3n) is 3.27. The first-order valence-electron chi connectivity index (χ1n) is 6.45. The van der Waals surface area contributed by atoms with E-state index in [1.54, 1.807) is 28.0 Å². The van der Waals surface area contributed by atoms with Gasteiger partial charge in [0.1, 0.15) is 0 Å². The summed E-state index contributed by atoms with van der Waals surface area (Å²) in [5.74, 6) is 0.698. The molecule has 7 heteroatoms. The van der Waals surface area contributed by atoms with E-state index in [9.17, 15) is 9.59 Å². The molecule has 0 saturated carbocycles. The van der Waals surface area contributed by atoms with Crippen LogP contribution in [0.1, 0.15) is 16.9 Å². The predicted molar refractivity (Wildman–Crippen MR) is 81.4 cm³/mol. The summed E-state index contributed by atoms with van der Waals surface area (Å²) in [4.78, 5) is 25.9. The first-order chi connectivity index (χ1) is 9.58. The van der Waals surface area contributed by atoms with Gasteiger partial charge in [-0.2, -0.15) is 11.8 Å². The Balaban J connectivity index is 1.92. The standard InChI is InChI=1S/C13H18N2O3S2/c1-9-2-4-20-11(9)7-14-13(18)15-3-5-19-8-10(15)6-12(16)17/h2,4,10H,3,5-8H2,1H3,(H,14,18)(H,16,17). The zero-order chi connectivity index (χ0) is 14.5. The molecule has 1 saturated heterocycles. The molecule has 1 aromatic heterocycles. The van der Waals surface area contributed by atoms with E-state index in [4.69, 9.17) is 5.11 Å². The number of hydrogen-bond donors (Lipinski definition) is 2. The van der Waals surface area contributed by atoms with Gasteiger partial charge in [0.2, 0.25) is 0 Å². The fourth-order valence-electron chi connectivity index (χ4n) is 2.14. The van der Waals surface area contributed by atoms with Gasteiger partial charge in [0.25, 0.3) is 0 Å². The number of carbonyl (C=O) groups is 2. The number of amides is 2. The molecule has 1 fully saturated rings. The summed E-state index contributed by atoms with van der Waals surface area (Å²) in [6.45, 7) is 3.13. The Hall–Kier alpha value is -1.21. The number of carboxylic acids is 1. The Labute approximate surface area is 126 Å². The predicted octanol–water partition coefficient (Wildman–Crippen LogP) is 2.16. The summed E-state index contributed by atoms with van der Waals surface area (Å²) in [5, 5.41) is 13.8. The maximum absolute atomic E-state index is 12.2. The zero-order valence-electron chi connectivity index (χ0n) is 11.3. The maximum Gasteiger partial charge on any atom is 0.318 e. The highest BCUT2D eigenvalue weighted by Crippen LogP contribution is 2.20. The van der Waals surface area contributed by atoms with Crippen LogP contribution in [0.5, 0.6) is 0 Å². The van der Waals surface area contributed by atoms with Crippen LogP contribution < -0.4 is 5.32 Å². The molecule has 0 radical (unpaired) electrons. The van der Waals surface area contributed by atoms with E-state index in [0.717, 1.165) is 10.6 Å². The van der Waals surface area contributed by atoms with E-state index < -0.39 is 5.97 Å². The molecular formula is C13H18N2O3S2. The fraction of sp³-hybridized carbons (Fsp3) is 0.538. The van der Waals surface area contributed by atoms with Crippen LogP contribution in [0.25, 0.3) is 0 Å². The van der Waals surface area contributed by atoms with E-state index in [0.29, 0.717) is 18.8 Å². The second kappa shape index (κ2) is 6.99. The number of nitrogens with one attached hydrogen (secondary N) is 1. The number of rotatable bonds is 4. The lowest BCUT2D eigenvalue weighted by Crippen LogP contribution is -2.51. The van der Waals surface area contributed by atoms with Crippen LogP contribution in [0.3, 0.4) is 0 Å². The molecule has 2 amide bonds. The molecular weight excluding hydrogens is 296 g/mol. The number of thiophene rings is 1. The Morgan fingerprint density at radius 3 is 3.00 bits per heavy atom. The molecule has 1 unspecified atom stereocenters. The molecule has 20 heavy (non-hydrogen) atoms. The molecule has 110 valence electrons. The van der Waals surface area contributed by atoms with Gasteiger partial charge < -0.3 is 15.3 Å². The van der Waals surface area contributed by atoms with Crippen LogP contribution in [-0.2, 0) is 11.3 Å². The summed E-state index contributed by atoms with van der Waals surface area (Å²) in [5.41, 5.74) is 1.17. The lowest BCUT2D eigenvalue weighted by Gasteiger charge is -2.34. The number of carboxylic acid groups (broad SMARTS) is 1. The summed E-state index contributed by atoms with van der Waals surface area (Å²) >= 11 is 3.32. The van der Waals surface area contributed by atoms with Gasteiger partial charge in [-0.25, -0.2) is 4.79 Å². The molecule has 2 N–H and O–H groups in total. The molecule has 0 spiro atoms. The molecule has 1 aliphatic rings. The van der Waals surface area contributed by atoms with Crippen LogP contribution >= 0.6 is 23.1 Å². The van der Waals surface area contributed by atoms with Crippen LogP contribution in [-0.4, -0.2) is 46.1 Å². The van der Waals surface area contributed by atoms with Crippen LogP contribution in [0, 0.1) is 6.92 Å². The first-order valence-corrected chi connectivity index (χ1v) is 8.48. The van der Waals surface area contributed by atoms with Crippen molar-refractivity contribution in [3.63, 3.8) is 0 Å². The molecule has 2 heterocycles. The van der Waals surface area contributed by atoms with Crippen molar-refractivity contribution in [2.75, 3.05) is 18.1 Å². The van der Waals surface area contributed by atoms with Gasteiger partial charge >= 0.3 is 12.0 Å². The van der Waals surface area contributed by atoms with Gasteiger partial charge in [0.15, 0.2) is 0 Å². The van der Waals surface area contributed by atoms with Crippen LogP contribution in [0.4, 0.5) is 4.79 Å². The minimum absolute atomic E-state index is 0.0124. The van der Waals surface area contributed by atoms with Crippen molar-refractivity contribution in [3.8, 4) is 0 Å². The van der Waals surface area contributed by atoms with Gasteiger partial charge in [-0.3, -0.25) is 4.79 Å². The Bertz CT molecular complexity index is 490. The molecule has 0 aliphatic carbocycles. The average Bonchev–Trinajstić information content (AvgIpc) is 2.81. The second-order valence-corrected chi connectivity index (χ2v) is 6.86. The summed E-state index contributed by atoms with van der Waals surface area (Å²) in [6.07, 6.45) is 0.0124. The molecule has 5 nitrogen and oxygen atoms in total. The number of carbonyl (C=O) groups excluding carboxylic acids is 1. The van der Waals surface area contributed by atoms with Crippen molar-refractivity contribution in [1.29, 1.82) is 0 Å². The number of aryl methyl sites for hydroxylation is 1. The fourth-order valence-corrected chi connectivity index (χ4v) is 4.04. The summed E-state index contributed by atoms with van der Waals surface area (Å²) < 4.78 is 0. The smallest absolute Gasteiger partial charge is 0.318 e. The lowest BCUT2D eigenvalue weighted by molar-refractivity contribution is -0.137. The monoisotopic (exact) mass is 314 g/mol. The Morgan fingerprint density at radius 2 is 2.35 bits per heavy atom. The third-order valence-corrected chi connectivity index (χ3v) is 5.38. The molecule has 0 bridgehead atoms. The minimum atomic E-state index is -0.857. The van der Waals surface area contributed by atoms with E-state index in [2.05, 4.69) is 5.32 Å². The van der Waals surface area contributed by atoms with Gasteiger partial charge in [0.05, 0.1) is 19.0 Å². The van der Waals surface area contributed by atoms with Crippen LogP contribution in [0.2, 0.25) is 0 Å². The SMILES string of the molecule is Cc1ccsc1CNC(=O)N1CCSCC1CC(=O)O. The summed E-state index contributed by atoms with van der Waals surface area (Å²) in [6, 6.07) is 1.65. The molecule has 0 aromatic carbocycles. The molecule has 2 rings (SSSR count). The largest absolute Gasteiger partial charge is 0.481 e. The number of aliphatic carboxylic acids is 1. The van der Waals surface area contributed by atoms with Crippen molar-refractivity contribution < 1.29 is 14.7 Å². The van der Waals surface area contributed by atoms with Gasteiger partial charge in [-0.1, -0.05) is 0 Å². The maximum atomic E-state index is 12.2. The topological polar surface area (TPSA) is 69.6 Å². The number of hydrogen-bond acceptors (Lipinski definition) is 4. The second-order valence-electron chi connectivity index (χ2n) is 4.71. The molecule has 1 atom stereocenters. The van der Waals surface area contributed by atoms with Gasteiger partial charge in [-0.05, 0) is 23.9 Å². The van der Waals surface area contributed by atoms with Crippen LogP contribution in [0.15, 0.2) is 11.4 Å². The minimum Gasteiger partial charge on any atom is -0.481 e. The van der Waals surface area contributed by atoms with E-state index in [1.165, 1.54) is 5.56 Å². The van der Waals surface area contributed by atoms with Crippen molar-refractivity contribution in [2.45, 2.75) is 25.9 Å². The normalized spacial score (nSPS) is 18.9. The number of urea groups is 1. The number of thioether (sulfide) groups is 1. The van der Waals surface area contributed by atoms with Crippen molar-refractivity contribution >= 4 is 35.1 Å². The van der Waals surface area contributed by atoms with E-state index in [-0.39, 0.29) is 18.5 Å². The summed E-state index contributed by atoms with van der Waals surface area (Å²) in [7, 11) is 0. The number of nitrogens with zero attached hydrogens (tertiary/aromatic N) is 1. The molecule has 1 aromatic rings. The lowest BCUT2D eigenvalue weighted by atomic mass is 10.2. The zero-order valence-corrected chi connectivity index (χ0v) is 12.9. The average molecular weight is 314 g/mol. The molecule has 1 aliphatic heterocycles. The quantitative estimate of drug-likeness (QED) is 0.893. The van der Waals surface area contributed by atoms with Crippen molar-refractivity contribution in [1.82, 2.24) is 10.2 Å². The highest BCUT2D eigenvalue weighted by Gasteiger charge is 2.28. The van der Waals surface area contributed by atoms with Crippen molar-refractivity contribution in [2.24, 2.45) is 0 Å². The highest BCUT2D eigenvalue weighted by atomic mass is 32.2. The van der Waals surface area contributed by atoms with Gasteiger partial charge in [-0.15, -0.1) is 11.3 Å². The highest BCUT2D eigenvalue weighted by molar-refractivity contribution is 7.99. The Kier molecular flexibility index (Phi) is 5.31.